The van der Waals surface area contributed by atoms with E-state index < -0.39 is 0 Å². The topological polar surface area (TPSA) is 51.8 Å². The highest BCUT2D eigenvalue weighted by Gasteiger charge is 2.18. The zero-order chi connectivity index (χ0) is 36.3. The fourth-order valence-electron chi connectivity index (χ4n) is 8.03. The van der Waals surface area contributed by atoms with E-state index in [1.807, 2.05) is 36.4 Å². The van der Waals surface area contributed by atoms with Gasteiger partial charge < -0.3 is 4.42 Å². The van der Waals surface area contributed by atoms with Crippen molar-refractivity contribution in [3.63, 3.8) is 0 Å². The number of hydrogen-bond acceptors (Lipinski definition) is 4. The molecule has 0 atom stereocenters. The van der Waals surface area contributed by atoms with Crippen molar-refractivity contribution in [2.24, 2.45) is 0 Å². The molecule has 55 heavy (non-hydrogen) atoms. The zero-order valence-electron chi connectivity index (χ0n) is 29.6. The van der Waals surface area contributed by atoms with Crippen molar-refractivity contribution < 1.29 is 4.42 Å². The molecular weight excluding hydrogens is 671 g/mol. The fraction of sp³-hybridized carbons (Fsp3) is 0. The van der Waals surface area contributed by atoms with Gasteiger partial charge in [-0.3, -0.25) is 0 Å². The highest BCUT2D eigenvalue weighted by Crippen LogP contribution is 2.38. The Labute approximate surface area is 317 Å². The van der Waals surface area contributed by atoms with Crippen LogP contribution in [-0.4, -0.2) is 15.0 Å². The van der Waals surface area contributed by atoms with Gasteiger partial charge in [-0.15, -0.1) is 0 Å². The van der Waals surface area contributed by atoms with Gasteiger partial charge in [0.2, 0.25) is 0 Å². The van der Waals surface area contributed by atoms with Gasteiger partial charge in [0.1, 0.15) is 11.2 Å². The molecule has 0 aliphatic heterocycles. The van der Waals surface area contributed by atoms with E-state index in [9.17, 15) is 0 Å². The molecule has 9 aromatic carbocycles. The van der Waals surface area contributed by atoms with Crippen molar-refractivity contribution in [1.82, 2.24) is 15.0 Å². The van der Waals surface area contributed by atoms with Gasteiger partial charge in [-0.05, 0) is 84.9 Å². The number of hydrogen-bond donors (Lipinski definition) is 0. The number of fused-ring (bicyclic) bond motifs is 8. The molecule has 0 fully saturated rings. The zero-order valence-corrected chi connectivity index (χ0v) is 29.6. The van der Waals surface area contributed by atoms with E-state index in [2.05, 4.69) is 152 Å². The minimum atomic E-state index is 0.594. The number of benzene rings is 9. The molecule has 0 amide bonds. The van der Waals surface area contributed by atoms with Crippen molar-refractivity contribution in [2.45, 2.75) is 0 Å². The average Bonchev–Trinajstić information content (AvgIpc) is 3.65. The lowest BCUT2D eigenvalue weighted by atomic mass is 9.93. The van der Waals surface area contributed by atoms with Gasteiger partial charge >= 0.3 is 0 Å². The summed E-state index contributed by atoms with van der Waals surface area (Å²) in [6, 6.07) is 65.9. The van der Waals surface area contributed by atoms with Crippen molar-refractivity contribution in [3.05, 3.63) is 188 Å². The maximum atomic E-state index is 6.28. The number of aromatic nitrogens is 3. The van der Waals surface area contributed by atoms with Crippen LogP contribution in [0.5, 0.6) is 0 Å². The molecule has 0 N–H and O–H groups in total. The molecule has 256 valence electrons. The second-order valence-electron chi connectivity index (χ2n) is 14.0. The lowest BCUT2D eigenvalue weighted by molar-refractivity contribution is 0.669. The van der Waals surface area contributed by atoms with E-state index >= 15 is 0 Å². The Morgan fingerprint density at radius 2 is 0.818 bits per heavy atom. The van der Waals surface area contributed by atoms with Crippen LogP contribution in [0.3, 0.4) is 0 Å². The second-order valence-corrected chi connectivity index (χ2v) is 14.0. The first-order valence-electron chi connectivity index (χ1n) is 18.5. The first kappa shape index (κ1) is 31.1. The molecule has 11 aromatic rings. The van der Waals surface area contributed by atoms with Crippen LogP contribution < -0.4 is 0 Å². The third kappa shape index (κ3) is 5.34. The van der Waals surface area contributed by atoms with Crippen LogP contribution in [0.15, 0.2) is 192 Å². The van der Waals surface area contributed by atoms with Gasteiger partial charge in [0.05, 0.1) is 0 Å². The molecule has 0 radical (unpaired) electrons. The minimum Gasteiger partial charge on any atom is -0.456 e. The standard InChI is InChI=1S/C51H31N3O/c1-2-11-32(12-3-1)36-14-8-16-39(29-36)49-52-50(54-51(53-49)43-20-10-22-46-48(43)42-19-6-7-21-45(42)55-46)40-17-9-15-37(30-40)38-28-25-34-24-27-35-26-23-33-13-4-5-18-41(33)47(35)44(34)31-38/h1-31H. The molecule has 0 aliphatic rings. The number of para-hydroxylation sites is 1. The van der Waals surface area contributed by atoms with E-state index in [4.69, 9.17) is 19.4 Å². The molecule has 4 nitrogen and oxygen atoms in total. The van der Waals surface area contributed by atoms with Gasteiger partial charge in [-0.25, -0.2) is 15.0 Å². The molecule has 0 saturated carbocycles. The Bertz CT molecular complexity index is 3270. The van der Waals surface area contributed by atoms with E-state index in [0.717, 1.165) is 60.9 Å². The summed E-state index contributed by atoms with van der Waals surface area (Å²) in [5, 5.41) is 9.49. The first-order chi connectivity index (χ1) is 27.2. The predicted octanol–water partition coefficient (Wildman–Crippen LogP) is 13.6. The van der Waals surface area contributed by atoms with Gasteiger partial charge in [0.25, 0.3) is 0 Å². The van der Waals surface area contributed by atoms with Crippen molar-refractivity contribution in [2.75, 3.05) is 0 Å². The predicted molar refractivity (Wildman–Crippen MR) is 227 cm³/mol. The summed E-state index contributed by atoms with van der Waals surface area (Å²) in [5.41, 5.74) is 8.82. The van der Waals surface area contributed by atoms with Crippen LogP contribution in [0.25, 0.3) is 111 Å². The molecule has 0 bridgehead atoms. The Morgan fingerprint density at radius 1 is 0.291 bits per heavy atom. The fourth-order valence-corrected chi connectivity index (χ4v) is 8.03. The van der Waals surface area contributed by atoms with Crippen LogP contribution in [0, 0.1) is 0 Å². The van der Waals surface area contributed by atoms with Gasteiger partial charge in [0.15, 0.2) is 17.5 Å². The van der Waals surface area contributed by atoms with Gasteiger partial charge in [-0.2, -0.15) is 0 Å². The Balaban J connectivity index is 1.10. The summed E-state index contributed by atoms with van der Waals surface area (Å²) in [7, 11) is 0. The third-order valence-corrected chi connectivity index (χ3v) is 10.7. The summed E-state index contributed by atoms with van der Waals surface area (Å²) in [5.74, 6) is 1.81. The van der Waals surface area contributed by atoms with E-state index in [1.165, 1.54) is 32.3 Å². The molecule has 4 heteroatoms. The van der Waals surface area contributed by atoms with Crippen molar-refractivity contribution in [1.29, 1.82) is 0 Å². The van der Waals surface area contributed by atoms with Crippen LogP contribution in [0.1, 0.15) is 0 Å². The number of furan rings is 1. The Morgan fingerprint density at radius 3 is 1.60 bits per heavy atom. The Kier molecular flexibility index (Phi) is 7.14. The lowest BCUT2D eigenvalue weighted by Crippen LogP contribution is -2.00. The van der Waals surface area contributed by atoms with Crippen LogP contribution >= 0.6 is 0 Å². The van der Waals surface area contributed by atoms with Crippen molar-refractivity contribution >= 4 is 54.3 Å². The average molecular weight is 702 g/mol. The van der Waals surface area contributed by atoms with Crippen molar-refractivity contribution in [3.8, 4) is 56.4 Å². The number of nitrogens with zero attached hydrogens (tertiary/aromatic N) is 3. The van der Waals surface area contributed by atoms with E-state index in [-0.39, 0.29) is 0 Å². The molecule has 2 aromatic heterocycles. The molecule has 2 heterocycles. The third-order valence-electron chi connectivity index (χ3n) is 10.7. The van der Waals surface area contributed by atoms with E-state index in [1.54, 1.807) is 0 Å². The monoisotopic (exact) mass is 701 g/mol. The number of rotatable bonds is 5. The molecule has 11 rings (SSSR count). The van der Waals surface area contributed by atoms with Crippen LogP contribution in [0.2, 0.25) is 0 Å². The minimum absolute atomic E-state index is 0.594. The van der Waals surface area contributed by atoms with Crippen LogP contribution in [-0.2, 0) is 0 Å². The molecule has 0 unspecified atom stereocenters. The normalized spacial score (nSPS) is 11.6. The van der Waals surface area contributed by atoms with Gasteiger partial charge in [-0.1, -0.05) is 158 Å². The highest BCUT2D eigenvalue weighted by molar-refractivity contribution is 6.20. The summed E-state index contributed by atoms with van der Waals surface area (Å²) in [4.78, 5) is 15.6. The highest BCUT2D eigenvalue weighted by atomic mass is 16.3. The summed E-state index contributed by atoms with van der Waals surface area (Å²) < 4.78 is 6.28. The second kappa shape index (κ2) is 12.6. The molecular formula is C51H31N3O. The summed E-state index contributed by atoms with van der Waals surface area (Å²) in [6.45, 7) is 0. The molecule has 0 aliphatic carbocycles. The first-order valence-corrected chi connectivity index (χ1v) is 18.5. The van der Waals surface area contributed by atoms with Crippen LogP contribution in [0.4, 0.5) is 0 Å². The SMILES string of the molecule is c1ccc(-c2cccc(-c3nc(-c4cccc(-c5ccc6ccc7ccc8ccccc8c7c6c5)c4)nc(-c4cccc5oc6ccccc6c45)n3)c2)cc1. The summed E-state index contributed by atoms with van der Waals surface area (Å²) >= 11 is 0. The quantitative estimate of drug-likeness (QED) is 0.168. The maximum absolute atomic E-state index is 6.28. The Hall–Kier alpha value is -7.43. The smallest absolute Gasteiger partial charge is 0.164 e. The largest absolute Gasteiger partial charge is 0.456 e. The molecule has 0 saturated heterocycles. The van der Waals surface area contributed by atoms with Gasteiger partial charge in [0, 0.05) is 27.5 Å². The van der Waals surface area contributed by atoms with E-state index in [0.29, 0.717) is 17.5 Å². The summed E-state index contributed by atoms with van der Waals surface area (Å²) in [6.07, 6.45) is 0. The molecule has 0 spiro atoms. The maximum Gasteiger partial charge on any atom is 0.164 e. The lowest BCUT2D eigenvalue weighted by Gasteiger charge is -2.12.